The smallest absolute Gasteiger partial charge is 0.274 e. The Labute approximate surface area is 176 Å². The van der Waals surface area contributed by atoms with Gasteiger partial charge in [0.05, 0.1) is 7.11 Å². The number of aromatic amines is 1. The summed E-state index contributed by atoms with van der Waals surface area (Å²) in [6.45, 7) is 3.34. The van der Waals surface area contributed by atoms with Gasteiger partial charge in [0.1, 0.15) is 11.4 Å². The van der Waals surface area contributed by atoms with Crippen molar-refractivity contribution in [3.63, 3.8) is 0 Å². The van der Waals surface area contributed by atoms with Gasteiger partial charge in [0, 0.05) is 18.7 Å². The van der Waals surface area contributed by atoms with Crippen molar-refractivity contribution in [2.45, 2.75) is 32.2 Å². The summed E-state index contributed by atoms with van der Waals surface area (Å²) in [7, 11) is 1.62. The number of methoxy groups -OCH3 is 1. The molecule has 2 aromatic carbocycles. The van der Waals surface area contributed by atoms with Crippen LogP contribution in [0.5, 0.6) is 5.75 Å². The second-order valence-electron chi connectivity index (χ2n) is 7.63. The van der Waals surface area contributed by atoms with Gasteiger partial charge in [0.15, 0.2) is 0 Å². The monoisotopic (exact) mass is 405 g/mol. The van der Waals surface area contributed by atoms with Gasteiger partial charge in [0.2, 0.25) is 5.95 Å². The summed E-state index contributed by atoms with van der Waals surface area (Å²) < 4.78 is 5.15. The van der Waals surface area contributed by atoms with Crippen molar-refractivity contribution < 1.29 is 4.74 Å². The van der Waals surface area contributed by atoms with Crippen molar-refractivity contribution in [2.75, 3.05) is 25.5 Å². The number of hydrogen-bond acceptors (Lipinski definition) is 6. The third-order valence-corrected chi connectivity index (χ3v) is 5.37. The predicted molar refractivity (Wildman–Crippen MR) is 117 cm³/mol. The maximum Gasteiger partial charge on any atom is 0.274 e. The van der Waals surface area contributed by atoms with Crippen LogP contribution in [0.15, 0.2) is 53.3 Å². The molecule has 3 aromatic rings. The van der Waals surface area contributed by atoms with Gasteiger partial charge in [-0.1, -0.05) is 30.7 Å². The SMILES string of the molecule is COc1ccc(Cc2nnc(Nc3ccc(CN4CCCCC4)cc3)[nH]c2=O)cc1. The number of rotatable bonds is 7. The first-order valence-corrected chi connectivity index (χ1v) is 10.4. The number of hydrogen-bond donors (Lipinski definition) is 2. The molecule has 4 rings (SSSR count). The summed E-state index contributed by atoms with van der Waals surface area (Å²) in [5.41, 5.74) is 3.26. The van der Waals surface area contributed by atoms with Gasteiger partial charge in [-0.05, 0) is 61.3 Å². The fourth-order valence-corrected chi connectivity index (χ4v) is 3.67. The molecule has 1 saturated heterocycles. The Balaban J connectivity index is 1.37. The molecule has 2 heterocycles. The molecular weight excluding hydrogens is 378 g/mol. The van der Waals surface area contributed by atoms with E-state index in [2.05, 4.69) is 37.5 Å². The van der Waals surface area contributed by atoms with E-state index in [1.165, 1.54) is 37.9 Å². The van der Waals surface area contributed by atoms with Crippen LogP contribution in [0.4, 0.5) is 11.6 Å². The number of ether oxygens (including phenoxy) is 1. The zero-order valence-corrected chi connectivity index (χ0v) is 17.2. The first kappa shape index (κ1) is 20.1. The minimum Gasteiger partial charge on any atom is -0.497 e. The quantitative estimate of drug-likeness (QED) is 0.626. The largest absolute Gasteiger partial charge is 0.497 e. The third-order valence-electron chi connectivity index (χ3n) is 5.37. The molecule has 1 fully saturated rings. The third kappa shape index (κ3) is 5.24. The summed E-state index contributed by atoms with van der Waals surface area (Å²) in [4.78, 5) is 17.7. The summed E-state index contributed by atoms with van der Waals surface area (Å²) in [5, 5.41) is 11.4. The lowest BCUT2D eigenvalue weighted by Crippen LogP contribution is -2.29. The van der Waals surface area contributed by atoms with Gasteiger partial charge in [-0.15, -0.1) is 10.2 Å². The molecule has 30 heavy (non-hydrogen) atoms. The lowest BCUT2D eigenvalue weighted by molar-refractivity contribution is 0.221. The van der Waals surface area contributed by atoms with E-state index in [1.54, 1.807) is 7.11 Å². The first-order chi connectivity index (χ1) is 14.7. The maximum absolute atomic E-state index is 12.4. The summed E-state index contributed by atoms with van der Waals surface area (Å²) in [6, 6.07) is 15.8. The van der Waals surface area contributed by atoms with Crippen LogP contribution >= 0.6 is 0 Å². The molecule has 7 nitrogen and oxygen atoms in total. The Morgan fingerprint density at radius 3 is 2.33 bits per heavy atom. The standard InChI is InChI=1S/C23H27N5O2/c1-30-20-11-7-17(8-12-20)15-21-22(29)25-23(27-26-21)24-19-9-5-18(6-10-19)16-28-13-3-2-4-14-28/h5-12H,2-4,13-16H2,1H3,(H2,24,25,27,29). The number of nitrogens with zero attached hydrogens (tertiary/aromatic N) is 3. The van der Waals surface area contributed by atoms with E-state index in [9.17, 15) is 4.79 Å². The van der Waals surface area contributed by atoms with Crippen molar-refractivity contribution in [2.24, 2.45) is 0 Å². The van der Waals surface area contributed by atoms with Crippen molar-refractivity contribution >= 4 is 11.6 Å². The van der Waals surface area contributed by atoms with E-state index in [-0.39, 0.29) is 5.56 Å². The molecule has 0 bridgehead atoms. The van der Waals surface area contributed by atoms with Gasteiger partial charge < -0.3 is 10.1 Å². The average Bonchev–Trinajstić information content (AvgIpc) is 2.78. The maximum atomic E-state index is 12.4. The minimum atomic E-state index is -0.245. The van der Waals surface area contributed by atoms with Crippen LogP contribution in [0.2, 0.25) is 0 Å². The van der Waals surface area contributed by atoms with Crippen LogP contribution in [0.3, 0.4) is 0 Å². The van der Waals surface area contributed by atoms with Gasteiger partial charge in [-0.2, -0.15) is 0 Å². The first-order valence-electron chi connectivity index (χ1n) is 10.4. The number of aromatic nitrogens is 3. The Hall–Kier alpha value is -3.19. The van der Waals surface area contributed by atoms with Crippen molar-refractivity contribution in [3.05, 3.63) is 75.7 Å². The number of nitrogens with one attached hydrogen (secondary N) is 2. The molecule has 0 unspecified atom stereocenters. The molecule has 0 spiro atoms. The fraction of sp³-hybridized carbons (Fsp3) is 0.348. The van der Waals surface area contributed by atoms with Gasteiger partial charge >= 0.3 is 0 Å². The highest BCUT2D eigenvalue weighted by atomic mass is 16.5. The van der Waals surface area contributed by atoms with E-state index < -0.39 is 0 Å². The van der Waals surface area contributed by atoms with Gasteiger partial charge in [-0.25, -0.2) is 0 Å². The van der Waals surface area contributed by atoms with Gasteiger partial charge in [-0.3, -0.25) is 14.7 Å². The molecule has 0 saturated carbocycles. The summed E-state index contributed by atoms with van der Waals surface area (Å²) in [6.07, 6.45) is 4.34. The second-order valence-corrected chi connectivity index (χ2v) is 7.63. The average molecular weight is 406 g/mol. The summed E-state index contributed by atoms with van der Waals surface area (Å²) >= 11 is 0. The number of likely N-dealkylation sites (tertiary alicyclic amines) is 1. The number of anilines is 2. The number of benzene rings is 2. The van der Waals surface area contributed by atoms with E-state index in [0.29, 0.717) is 18.1 Å². The highest BCUT2D eigenvalue weighted by Crippen LogP contribution is 2.17. The topological polar surface area (TPSA) is 83.1 Å². The molecule has 0 radical (unpaired) electrons. The lowest BCUT2D eigenvalue weighted by atomic mass is 10.1. The normalized spacial score (nSPS) is 14.4. The molecule has 1 aliphatic heterocycles. The minimum absolute atomic E-state index is 0.245. The number of H-pyrrole nitrogens is 1. The van der Waals surface area contributed by atoms with Crippen molar-refractivity contribution in [1.29, 1.82) is 0 Å². The van der Waals surface area contributed by atoms with E-state index in [0.717, 1.165) is 23.5 Å². The molecule has 0 atom stereocenters. The van der Waals surface area contributed by atoms with Crippen molar-refractivity contribution in [1.82, 2.24) is 20.1 Å². The fourth-order valence-electron chi connectivity index (χ4n) is 3.67. The van der Waals surface area contributed by atoms with Crippen LogP contribution in [-0.4, -0.2) is 40.3 Å². The highest BCUT2D eigenvalue weighted by molar-refractivity contribution is 5.53. The van der Waals surface area contributed by atoms with Crippen LogP contribution in [-0.2, 0) is 13.0 Å². The highest BCUT2D eigenvalue weighted by Gasteiger charge is 2.11. The lowest BCUT2D eigenvalue weighted by Gasteiger charge is -2.26. The van der Waals surface area contributed by atoms with E-state index in [1.807, 2.05) is 36.4 Å². The van der Waals surface area contributed by atoms with E-state index >= 15 is 0 Å². The molecule has 1 aromatic heterocycles. The van der Waals surface area contributed by atoms with Gasteiger partial charge in [0.25, 0.3) is 5.56 Å². The zero-order valence-electron chi connectivity index (χ0n) is 17.2. The molecular formula is C23H27N5O2. The Morgan fingerprint density at radius 1 is 0.967 bits per heavy atom. The molecule has 156 valence electrons. The molecule has 1 aliphatic rings. The molecule has 2 N–H and O–H groups in total. The summed E-state index contributed by atoms with van der Waals surface area (Å²) in [5.74, 6) is 1.11. The zero-order chi connectivity index (χ0) is 20.8. The van der Waals surface area contributed by atoms with Crippen LogP contribution in [0.25, 0.3) is 0 Å². The van der Waals surface area contributed by atoms with Crippen LogP contribution in [0.1, 0.15) is 36.1 Å². The molecule has 7 heteroatoms. The van der Waals surface area contributed by atoms with Crippen molar-refractivity contribution in [3.8, 4) is 5.75 Å². The molecule has 0 amide bonds. The van der Waals surface area contributed by atoms with Crippen LogP contribution in [0, 0.1) is 0 Å². The Bertz CT molecular complexity index is 1010. The molecule has 0 aliphatic carbocycles. The Kier molecular flexibility index (Phi) is 6.39. The Morgan fingerprint density at radius 2 is 1.67 bits per heavy atom. The van der Waals surface area contributed by atoms with E-state index in [4.69, 9.17) is 4.74 Å². The number of piperidine rings is 1. The second kappa shape index (κ2) is 9.54. The van der Waals surface area contributed by atoms with Crippen LogP contribution < -0.4 is 15.6 Å². The predicted octanol–water partition coefficient (Wildman–Crippen LogP) is 3.49.